The molecular formula is C29H28N4O. The largest absolute Gasteiger partial charge is 0.423 e. The van der Waals surface area contributed by atoms with Gasteiger partial charge >= 0.3 is 0 Å². The van der Waals surface area contributed by atoms with E-state index in [0.29, 0.717) is 6.01 Å². The molecule has 6 rings (SSSR count). The van der Waals surface area contributed by atoms with Gasteiger partial charge in [-0.3, -0.25) is 0 Å². The van der Waals surface area contributed by atoms with Crippen LogP contribution in [0.1, 0.15) is 42.8 Å². The van der Waals surface area contributed by atoms with Gasteiger partial charge in [-0.2, -0.15) is 4.98 Å². The van der Waals surface area contributed by atoms with E-state index in [1.54, 1.807) is 0 Å². The molecule has 5 heteroatoms. The third-order valence-corrected chi connectivity index (χ3v) is 7.29. The second-order valence-electron chi connectivity index (χ2n) is 9.14. The van der Waals surface area contributed by atoms with Crippen molar-refractivity contribution < 1.29 is 4.42 Å². The molecule has 3 heterocycles. The van der Waals surface area contributed by atoms with Crippen LogP contribution in [0.15, 0.2) is 102 Å². The van der Waals surface area contributed by atoms with E-state index < -0.39 is 0 Å². The van der Waals surface area contributed by atoms with Crippen LogP contribution in [0.4, 0.5) is 6.01 Å². The number of hydrogen-bond donors (Lipinski definition) is 0. The van der Waals surface area contributed by atoms with Crippen molar-refractivity contribution in [1.82, 2.24) is 14.5 Å². The van der Waals surface area contributed by atoms with Gasteiger partial charge in [0.05, 0.1) is 11.5 Å². The van der Waals surface area contributed by atoms with Gasteiger partial charge in [0.25, 0.3) is 6.01 Å². The Bertz CT molecular complexity index is 1350. The summed E-state index contributed by atoms with van der Waals surface area (Å²) in [4.78, 5) is 12.0. The Balaban J connectivity index is 1.37. The average Bonchev–Trinajstić information content (AvgIpc) is 3.57. The second-order valence-corrected chi connectivity index (χ2v) is 9.14. The minimum Gasteiger partial charge on any atom is -0.423 e. The molecule has 34 heavy (non-hydrogen) atoms. The van der Waals surface area contributed by atoms with Crippen molar-refractivity contribution in [3.05, 3.63) is 114 Å². The molecular weight excluding hydrogens is 420 g/mol. The molecule has 5 nitrogen and oxygen atoms in total. The maximum absolute atomic E-state index is 6.09. The van der Waals surface area contributed by atoms with Crippen molar-refractivity contribution >= 4 is 17.1 Å². The summed E-state index contributed by atoms with van der Waals surface area (Å²) in [6, 6.07) is 30.4. The summed E-state index contributed by atoms with van der Waals surface area (Å²) < 4.78 is 8.44. The molecule has 0 N–H and O–H groups in total. The first-order valence-corrected chi connectivity index (χ1v) is 12.0. The van der Waals surface area contributed by atoms with Gasteiger partial charge in [-0.25, -0.2) is 4.98 Å². The summed E-state index contributed by atoms with van der Waals surface area (Å²) in [5, 5.41) is 0. The van der Waals surface area contributed by atoms with Gasteiger partial charge in [0.15, 0.2) is 5.58 Å². The Morgan fingerprint density at radius 1 is 0.853 bits per heavy atom. The smallest absolute Gasteiger partial charge is 0.298 e. The Kier molecular flexibility index (Phi) is 5.17. The average molecular weight is 449 g/mol. The zero-order valence-corrected chi connectivity index (χ0v) is 19.3. The van der Waals surface area contributed by atoms with Gasteiger partial charge in [-0.15, -0.1) is 0 Å². The van der Waals surface area contributed by atoms with Crippen molar-refractivity contribution in [3.8, 4) is 0 Å². The van der Waals surface area contributed by atoms with Crippen molar-refractivity contribution in [3.63, 3.8) is 0 Å². The number of aromatic nitrogens is 3. The van der Waals surface area contributed by atoms with E-state index in [0.717, 1.165) is 42.9 Å². The standard InChI is InChI=1S/C29H28N4O/c1-22(23-10-4-2-5-11-23)33-21-18-30-27(33)29(24-12-6-3-7-13-24)16-19-32(20-17-29)28-31-25-14-8-9-15-26(25)34-28/h2-15,18,21-22H,16-17,19-20H2,1H3. The summed E-state index contributed by atoms with van der Waals surface area (Å²) in [5.41, 5.74) is 4.18. The summed E-state index contributed by atoms with van der Waals surface area (Å²) in [7, 11) is 0. The highest BCUT2D eigenvalue weighted by Crippen LogP contribution is 2.43. The highest BCUT2D eigenvalue weighted by atomic mass is 16.4. The van der Waals surface area contributed by atoms with E-state index >= 15 is 0 Å². The molecule has 1 unspecified atom stereocenters. The highest BCUT2D eigenvalue weighted by molar-refractivity contribution is 5.74. The normalized spacial score (nSPS) is 16.6. The molecule has 170 valence electrons. The van der Waals surface area contributed by atoms with Crippen LogP contribution in [-0.2, 0) is 5.41 Å². The lowest BCUT2D eigenvalue weighted by molar-refractivity contribution is 0.345. The van der Waals surface area contributed by atoms with Gasteiger partial charge in [-0.05, 0) is 43.0 Å². The molecule has 0 radical (unpaired) electrons. The van der Waals surface area contributed by atoms with Crippen molar-refractivity contribution in [2.45, 2.75) is 31.2 Å². The number of para-hydroxylation sites is 2. The molecule has 0 amide bonds. The monoisotopic (exact) mass is 448 g/mol. The minimum absolute atomic E-state index is 0.170. The van der Waals surface area contributed by atoms with E-state index in [-0.39, 0.29) is 11.5 Å². The van der Waals surface area contributed by atoms with Crippen LogP contribution >= 0.6 is 0 Å². The number of fused-ring (bicyclic) bond motifs is 1. The molecule has 1 fully saturated rings. The number of hydrogen-bond acceptors (Lipinski definition) is 4. The number of piperidine rings is 1. The molecule has 1 saturated heterocycles. The first kappa shape index (κ1) is 20.7. The van der Waals surface area contributed by atoms with Crippen LogP contribution in [0.2, 0.25) is 0 Å². The van der Waals surface area contributed by atoms with Gasteiger partial charge in [0, 0.05) is 25.5 Å². The fraction of sp³-hybridized carbons (Fsp3) is 0.241. The van der Waals surface area contributed by atoms with Crippen LogP contribution in [0, 0.1) is 0 Å². The molecule has 3 aromatic carbocycles. The van der Waals surface area contributed by atoms with E-state index in [1.165, 1.54) is 11.1 Å². The highest BCUT2D eigenvalue weighted by Gasteiger charge is 2.42. The summed E-state index contributed by atoms with van der Waals surface area (Å²) in [6.07, 6.45) is 5.96. The maximum atomic E-state index is 6.09. The lowest BCUT2D eigenvalue weighted by Gasteiger charge is -2.42. The molecule has 5 aromatic rings. The summed E-state index contributed by atoms with van der Waals surface area (Å²) in [5.74, 6) is 1.13. The Hall–Kier alpha value is -3.86. The number of anilines is 1. The zero-order chi connectivity index (χ0) is 23.0. The molecule has 0 aliphatic carbocycles. The number of benzene rings is 3. The Morgan fingerprint density at radius 3 is 2.26 bits per heavy atom. The van der Waals surface area contributed by atoms with Crippen LogP contribution in [-0.4, -0.2) is 27.6 Å². The number of oxazole rings is 1. The Labute approximate surface area is 199 Å². The molecule has 0 spiro atoms. The van der Waals surface area contributed by atoms with Crippen LogP contribution in [0.25, 0.3) is 11.1 Å². The van der Waals surface area contributed by atoms with E-state index in [9.17, 15) is 0 Å². The maximum Gasteiger partial charge on any atom is 0.298 e. The lowest BCUT2D eigenvalue weighted by Crippen LogP contribution is -2.45. The van der Waals surface area contributed by atoms with Gasteiger partial charge in [-0.1, -0.05) is 72.8 Å². The summed E-state index contributed by atoms with van der Waals surface area (Å²) in [6.45, 7) is 3.97. The molecule has 0 saturated carbocycles. The third-order valence-electron chi connectivity index (χ3n) is 7.29. The van der Waals surface area contributed by atoms with Gasteiger partial charge in [0.1, 0.15) is 11.3 Å². The van der Waals surface area contributed by atoms with Gasteiger partial charge in [0.2, 0.25) is 0 Å². The van der Waals surface area contributed by atoms with E-state index in [2.05, 4.69) is 83.3 Å². The van der Waals surface area contributed by atoms with E-state index in [1.807, 2.05) is 30.5 Å². The van der Waals surface area contributed by atoms with Crippen LogP contribution in [0.3, 0.4) is 0 Å². The molecule has 1 aliphatic heterocycles. The Morgan fingerprint density at radius 2 is 1.53 bits per heavy atom. The molecule has 2 aromatic heterocycles. The summed E-state index contributed by atoms with van der Waals surface area (Å²) >= 11 is 0. The fourth-order valence-electron chi connectivity index (χ4n) is 5.36. The first-order chi connectivity index (χ1) is 16.7. The molecule has 1 aliphatic rings. The SMILES string of the molecule is CC(c1ccccc1)n1ccnc1C1(c2ccccc2)CCN(c2nc3ccccc3o2)CC1. The van der Waals surface area contributed by atoms with E-state index in [4.69, 9.17) is 14.4 Å². The minimum atomic E-state index is -0.170. The number of rotatable bonds is 5. The van der Waals surface area contributed by atoms with Gasteiger partial charge < -0.3 is 13.9 Å². The van der Waals surface area contributed by atoms with Crippen LogP contribution in [0.5, 0.6) is 0 Å². The van der Waals surface area contributed by atoms with Crippen LogP contribution < -0.4 is 4.90 Å². The lowest BCUT2D eigenvalue weighted by atomic mass is 9.71. The fourth-order valence-corrected chi connectivity index (χ4v) is 5.36. The molecule has 0 bridgehead atoms. The van der Waals surface area contributed by atoms with Crippen molar-refractivity contribution in [2.24, 2.45) is 0 Å². The number of nitrogens with zero attached hydrogens (tertiary/aromatic N) is 4. The second kappa shape index (κ2) is 8.49. The van der Waals surface area contributed by atoms with Crippen molar-refractivity contribution in [1.29, 1.82) is 0 Å². The van der Waals surface area contributed by atoms with Crippen molar-refractivity contribution in [2.75, 3.05) is 18.0 Å². The zero-order valence-electron chi connectivity index (χ0n) is 19.3. The predicted molar refractivity (Wildman–Crippen MR) is 135 cm³/mol. The topological polar surface area (TPSA) is 47.1 Å². The third kappa shape index (κ3) is 3.48. The predicted octanol–water partition coefficient (Wildman–Crippen LogP) is 6.22. The molecule has 1 atom stereocenters. The quantitative estimate of drug-likeness (QED) is 0.320. The number of imidazole rings is 1. The first-order valence-electron chi connectivity index (χ1n) is 12.0.